The Labute approximate surface area is 211 Å². The van der Waals surface area contributed by atoms with Gasteiger partial charge in [0.05, 0.1) is 12.0 Å². The van der Waals surface area contributed by atoms with Crippen molar-refractivity contribution in [3.05, 3.63) is 53.7 Å². The summed E-state index contributed by atoms with van der Waals surface area (Å²) in [5.41, 5.74) is 2.39. The number of fused-ring (bicyclic) bond motifs is 1. The topological polar surface area (TPSA) is 55.8 Å². The number of rotatable bonds is 9. The number of carbonyl (C=O) groups excluding carboxylic acids is 2. The third-order valence-electron chi connectivity index (χ3n) is 6.73. The number of amides is 1. The standard InChI is InChI=1S/C25H34BrNO4SSi/c1-8-14-30-24(29)20-21(17-12-10-16(15-26)11-13-17)32-23-19(22(28)27(20)23)18(9-2)31-33(6,7)25(3,4)5/h8,10-13,18-19,23H,1,9,14-15H2,2-7H3/t18-,19+,23+/m0/s1. The maximum absolute atomic E-state index is 13.4. The fourth-order valence-electron chi connectivity index (χ4n) is 3.79. The van der Waals surface area contributed by atoms with E-state index < -0.39 is 14.3 Å². The minimum Gasteiger partial charge on any atom is -0.457 e. The number of hydrogen-bond acceptors (Lipinski definition) is 5. The average molecular weight is 553 g/mol. The van der Waals surface area contributed by atoms with E-state index in [1.807, 2.05) is 24.3 Å². The molecule has 0 spiro atoms. The van der Waals surface area contributed by atoms with Crippen molar-refractivity contribution >= 4 is 52.8 Å². The van der Waals surface area contributed by atoms with Crippen molar-refractivity contribution in [3.8, 4) is 0 Å². The highest BCUT2D eigenvalue weighted by Crippen LogP contribution is 2.55. The van der Waals surface area contributed by atoms with Crippen molar-refractivity contribution in [1.29, 1.82) is 0 Å². The lowest BCUT2D eigenvalue weighted by molar-refractivity contribution is -0.158. The molecule has 8 heteroatoms. The molecule has 1 fully saturated rings. The zero-order valence-corrected chi connectivity index (χ0v) is 23.7. The maximum Gasteiger partial charge on any atom is 0.356 e. The summed E-state index contributed by atoms with van der Waals surface area (Å²) < 4.78 is 12.1. The zero-order chi connectivity index (χ0) is 24.6. The second-order valence-corrected chi connectivity index (χ2v) is 16.4. The molecule has 180 valence electrons. The molecule has 5 nitrogen and oxygen atoms in total. The second-order valence-electron chi connectivity index (χ2n) is 9.96. The van der Waals surface area contributed by atoms with Gasteiger partial charge in [0.25, 0.3) is 0 Å². The van der Waals surface area contributed by atoms with E-state index >= 15 is 0 Å². The summed E-state index contributed by atoms with van der Waals surface area (Å²) in [5, 5.41) is 0.645. The Bertz CT molecular complexity index is 954. The highest BCUT2D eigenvalue weighted by molar-refractivity contribution is 9.08. The molecule has 0 N–H and O–H groups in total. The zero-order valence-electron chi connectivity index (χ0n) is 20.3. The molecule has 33 heavy (non-hydrogen) atoms. The number of thioether (sulfide) groups is 1. The smallest absolute Gasteiger partial charge is 0.356 e. The molecule has 0 saturated carbocycles. The van der Waals surface area contributed by atoms with E-state index in [0.29, 0.717) is 5.70 Å². The summed E-state index contributed by atoms with van der Waals surface area (Å²) >= 11 is 5.04. The quantitative estimate of drug-likeness (QED) is 0.118. The number of benzene rings is 1. The largest absolute Gasteiger partial charge is 0.457 e. The van der Waals surface area contributed by atoms with Crippen molar-refractivity contribution < 1.29 is 18.8 Å². The van der Waals surface area contributed by atoms with Crippen molar-refractivity contribution in [1.82, 2.24) is 4.90 Å². The first-order valence-corrected chi connectivity index (χ1v) is 16.2. The van der Waals surface area contributed by atoms with Gasteiger partial charge in [0.15, 0.2) is 8.32 Å². The molecule has 0 aromatic heterocycles. The summed E-state index contributed by atoms with van der Waals surface area (Å²) in [4.78, 5) is 28.8. The Hall–Kier alpha value is -1.35. The lowest BCUT2D eigenvalue weighted by Gasteiger charge is -2.49. The van der Waals surface area contributed by atoms with E-state index in [4.69, 9.17) is 9.16 Å². The number of halogens is 1. The van der Waals surface area contributed by atoms with Crippen LogP contribution in [-0.2, 0) is 24.1 Å². The number of β-lactam (4-membered cyclic amide) rings is 1. The molecule has 2 heterocycles. The lowest BCUT2D eigenvalue weighted by Crippen LogP contribution is -2.63. The molecule has 0 unspecified atom stereocenters. The van der Waals surface area contributed by atoms with Gasteiger partial charge >= 0.3 is 5.97 Å². The molecule has 1 amide bonds. The fourth-order valence-corrected chi connectivity index (χ4v) is 7.15. The molecule has 3 rings (SSSR count). The first-order valence-electron chi connectivity index (χ1n) is 11.3. The predicted molar refractivity (Wildman–Crippen MR) is 141 cm³/mol. The Morgan fingerprint density at radius 1 is 1.30 bits per heavy atom. The molecule has 0 radical (unpaired) electrons. The van der Waals surface area contributed by atoms with E-state index in [0.717, 1.165) is 27.8 Å². The van der Waals surface area contributed by atoms with Gasteiger partial charge in [-0.1, -0.05) is 92.3 Å². The predicted octanol–water partition coefficient (Wildman–Crippen LogP) is 6.31. The van der Waals surface area contributed by atoms with Crippen LogP contribution in [0.5, 0.6) is 0 Å². The Morgan fingerprint density at radius 2 is 1.94 bits per heavy atom. The number of ether oxygens (including phenoxy) is 1. The number of alkyl halides is 1. The lowest BCUT2D eigenvalue weighted by atomic mass is 9.89. The monoisotopic (exact) mass is 551 g/mol. The van der Waals surface area contributed by atoms with Crippen LogP contribution in [0.15, 0.2) is 42.6 Å². The number of carbonyl (C=O) groups is 2. The van der Waals surface area contributed by atoms with Crippen LogP contribution in [0.4, 0.5) is 0 Å². The molecule has 1 aromatic rings. The summed E-state index contributed by atoms with van der Waals surface area (Å²) in [5.74, 6) is -0.832. The van der Waals surface area contributed by atoms with Crippen molar-refractivity contribution in [2.45, 2.75) is 69.1 Å². The van der Waals surface area contributed by atoms with Gasteiger partial charge in [-0.15, -0.1) is 0 Å². The van der Waals surface area contributed by atoms with Crippen LogP contribution in [0, 0.1) is 5.92 Å². The number of esters is 1. The molecular formula is C25H34BrNO4SSi. The molecule has 2 aliphatic rings. The van der Waals surface area contributed by atoms with Crippen LogP contribution in [0.3, 0.4) is 0 Å². The minimum atomic E-state index is -2.06. The normalized spacial score (nSPS) is 21.5. The van der Waals surface area contributed by atoms with Gasteiger partial charge in [-0.2, -0.15) is 0 Å². The molecular weight excluding hydrogens is 518 g/mol. The first kappa shape index (κ1) is 26.3. The third kappa shape index (κ3) is 5.04. The third-order valence-corrected chi connectivity index (χ3v) is 13.3. The van der Waals surface area contributed by atoms with E-state index in [2.05, 4.69) is 63.3 Å². The van der Waals surface area contributed by atoms with Crippen molar-refractivity contribution in [2.24, 2.45) is 5.92 Å². The highest BCUT2D eigenvalue weighted by atomic mass is 79.9. The van der Waals surface area contributed by atoms with Crippen LogP contribution in [-0.4, -0.2) is 43.2 Å². The molecule has 2 aliphatic heterocycles. The average Bonchev–Trinajstić information content (AvgIpc) is 3.11. The van der Waals surface area contributed by atoms with Gasteiger partial charge in [0.1, 0.15) is 17.7 Å². The Balaban J connectivity index is 1.93. The Morgan fingerprint density at radius 3 is 2.45 bits per heavy atom. The van der Waals surface area contributed by atoms with E-state index in [9.17, 15) is 9.59 Å². The highest BCUT2D eigenvalue weighted by Gasteiger charge is 2.59. The van der Waals surface area contributed by atoms with Gasteiger partial charge in [-0.25, -0.2) is 4.79 Å². The van der Waals surface area contributed by atoms with E-state index in [1.54, 1.807) is 16.7 Å². The second kappa shape index (κ2) is 10.1. The number of nitrogens with zero attached hydrogens (tertiary/aromatic N) is 1. The van der Waals surface area contributed by atoms with Crippen LogP contribution < -0.4 is 0 Å². The van der Waals surface area contributed by atoms with Gasteiger partial charge in [-0.3, -0.25) is 9.69 Å². The van der Waals surface area contributed by atoms with Gasteiger partial charge in [-0.05, 0) is 35.7 Å². The SMILES string of the molecule is C=CCOC(=O)C1=C(c2ccc(CBr)cc2)S[C@@H]2[C@H]([C@H](CC)O[Si](C)(C)C(C)(C)C)C(=O)N12. The number of hydrogen-bond donors (Lipinski definition) is 0. The molecule has 3 atom stereocenters. The fraction of sp³-hybridized carbons (Fsp3) is 0.520. The summed E-state index contributed by atoms with van der Waals surface area (Å²) in [7, 11) is -2.06. The molecule has 0 bridgehead atoms. The maximum atomic E-state index is 13.4. The molecule has 0 aliphatic carbocycles. The first-order chi connectivity index (χ1) is 15.5. The van der Waals surface area contributed by atoms with E-state index in [1.165, 1.54) is 6.08 Å². The van der Waals surface area contributed by atoms with Gasteiger partial charge in [0.2, 0.25) is 5.91 Å². The van der Waals surface area contributed by atoms with Crippen LogP contribution >= 0.6 is 27.7 Å². The van der Waals surface area contributed by atoms with Crippen LogP contribution in [0.1, 0.15) is 45.2 Å². The summed E-state index contributed by atoms with van der Waals surface area (Å²) in [6, 6.07) is 8.03. The van der Waals surface area contributed by atoms with E-state index in [-0.39, 0.29) is 34.9 Å². The van der Waals surface area contributed by atoms with Crippen LogP contribution in [0.25, 0.3) is 4.91 Å². The van der Waals surface area contributed by atoms with Gasteiger partial charge in [0, 0.05) is 10.2 Å². The van der Waals surface area contributed by atoms with Crippen molar-refractivity contribution in [2.75, 3.05) is 6.61 Å². The van der Waals surface area contributed by atoms with Gasteiger partial charge < -0.3 is 9.16 Å². The Kier molecular flexibility index (Phi) is 8.03. The molecule has 1 aromatic carbocycles. The van der Waals surface area contributed by atoms with Crippen LogP contribution in [0.2, 0.25) is 18.1 Å². The van der Waals surface area contributed by atoms with Crippen molar-refractivity contribution in [3.63, 3.8) is 0 Å². The minimum absolute atomic E-state index is 0.0515. The summed E-state index contributed by atoms with van der Waals surface area (Å²) in [6.07, 6.45) is 2.11. The molecule has 1 saturated heterocycles. The summed E-state index contributed by atoms with van der Waals surface area (Å²) in [6.45, 7) is 16.8.